The van der Waals surface area contributed by atoms with Crippen molar-refractivity contribution in [1.82, 2.24) is 0 Å². The molecule has 0 aliphatic heterocycles. The van der Waals surface area contributed by atoms with Gasteiger partial charge in [-0.2, -0.15) is 8.78 Å². The quantitative estimate of drug-likeness (QED) is 0.862. The molecule has 0 fully saturated rings. The topological polar surface area (TPSA) is 55.5 Å². The molecule has 0 aliphatic carbocycles. The zero-order valence-corrected chi connectivity index (χ0v) is 12.8. The molecule has 3 N–H and O–H groups in total. The molecule has 112 valence electrons. The van der Waals surface area contributed by atoms with Gasteiger partial charge in [0.2, 0.25) is 0 Å². The maximum absolute atomic E-state index is 12.8. The molecule has 0 aliphatic rings. The van der Waals surface area contributed by atoms with Gasteiger partial charge in [-0.1, -0.05) is 34.1 Å². The van der Waals surface area contributed by atoms with Gasteiger partial charge in [-0.25, -0.2) is 0 Å². The fourth-order valence-electron chi connectivity index (χ4n) is 1.90. The normalized spacial score (nSPS) is 13.0. The predicted molar refractivity (Wildman–Crippen MR) is 79.5 cm³/mol. The maximum Gasteiger partial charge on any atom is 0.395 e. The van der Waals surface area contributed by atoms with Gasteiger partial charge in [0, 0.05) is 11.4 Å². The third-order valence-electron chi connectivity index (χ3n) is 2.84. The van der Waals surface area contributed by atoms with E-state index < -0.39 is 12.2 Å². The summed E-state index contributed by atoms with van der Waals surface area (Å²) in [6, 6.07) is 11.1. The first kappa shape index (κ1) is 15.7. The predicted octanol–water partition coefficient (Wildman–Crippen LogP) is 4.19. The Labute approximate surface area is 129 Å². The van der Waals surface area contributed by atoms with E-state index >= 15 is 0 Å². The van der Waals surface area contributed by atoms with Crippen LogP contribution in [-0.2, 0) is 0 Å². The molecule has 0 aromatic heterocycles. The van der Waals surface area contributed by atoms with Crippen LogP contribution < -0.4 is 10.5 Å². The average molecular weight is 358 g/mol. The molecule has 0 saturated carbocycles. The highest BCUT2D eigenvalue weighted by molar-refractivity contribution is 9.10. The number of hydrogen-bond donors (Lipinski definition) is 2. The molecule has 0 heterocycles. The fourth-order valence-corrected chi connectivity index (χ4v) is 2.32. The van der Waals surface area contributed by atoms with Gasteiger partial charge in [0.25, 0.3) is 0 Å². The van der Waals surface area contributed by atoms with Crippen molar-refractivity contribution in [2.24, 2.45) is 5.73 Å². The van der Waals surface area contributed by atoms with Gasteiger partial charge < -0.3 is 15.6 Å². The molecule has 1 unspecified atom stereocenters. The van der Waals surface area contributed by atoms with Crippen molar-refractivity contribution < 1.29 is 18.6 Å². The largest absolute Gasteiger partial charge is 0.504 e. The summed E-state index contributed by atoms with van der Waals surface area (Å²) >= 11 is 3.35. The first-order valence-corrected chi connectivity index (χ1v) is 6.96. The standard InChI is InChI=1S/C15H14BrF2NO2/c1-15(17,18)21-13-6-5-10(8-12(13)20)14(19)9-3-2-4-11(16)7-9/h2-8,14,20H,19H2,1H3. The smallest absolute Gasteiger partial charge is 0.395 e. The molecule has 2 aromatic rings. The Morgan fingerprint density at radius 2 is 1.86 bits per heavy atom. The molecule has 0 radical (unpaired) electrons. The number of benzene rings is 2. The summed E-state index contributed by atoms with van der Waals surface area (Å²) in [6.07, 6.45) is -3.36. The molecule has 1 atom stereocenters. The Morgan fingerprint density at radius 1 is 1.19 bits per heavy atom. The van der Waals surface area contributed by atoms with Gasteiger partial charge in [-0.15, -0.1) is 0 Å². The molecular formula is C15H14BrF2NO2. The molecule has 21 heavy (non-hydrogen) atoms. The van der Waals surface area contributed by atoms with Crippen LogP contribution in [0.4, 0.5) is 8.78 Å². The number of phenolic OH excluding ortho intramolecular Hbond substituents is 1. The van der Waals surface area contributed by atoms with Crippen molar-refractivity contribution in [2.45, 2.75) is 19.1 Å². The zero-order valence-electron chi connectivity index (χ0n) is 11.2. The highest BCUT2D eigenvalue weighted by atomic mass is 79.9. The van der Waals surface area contributed by atoms with E-state index in [2.05, 4.69) is 20.7 Å². The first-order chi connectivity index (χ1) is 9.76. The summed E-state index contributed by atoms with van der Waals surface area (Å²) in [4.78, 5) is 0. The van der Waals surface area contributed by atoms with Crippen molar-refractivity contribution >= 4 is 15.9 Å². The molecule has 0 bridgehead atoms. The van der Waals surface area contributed by atoms with Crippen LogP contribution in [0, 0.1) is 0 Å². The highest BCUT2D eigenvalue weighted by Crippen LogP contribution is 2.33. The number of aromatic hydroxyl groups is 1. The minimum absolute atomic E-state index is 0.285. The van der Waals surface area contributed by atoms with E-state index in [1.54, 1.807) is 6.07 Å². The van der Waals surface area contributed by atoms with Crippen LogP contribution in [0.25, 0.3) is 0 Å². The number of ether oxygens (including phenoxy) is 1. The van der Waals surface area contributed by atoms with Gasteiger partial charge >= 0.3 is 6.11 Å². The van der Waals surface area contributed by atoms with E-state index in [1.807, 2.05) is 24.3 Å². The van der Waals surface area contributed by atoms with Crippen molar-refractivity contribution in [1.29, 1.82) is 0 Å². The van der Waals surface area contributed by atoms with Gasteiger partial charge in [0.15, 0.2) is 11.5 Å². The Kier molecular flexibility index (Phi) is 4.49. The molecule has 6 heteroatoms. The van der Waals surface area contributed by atoms with Crippen LogP contribution in [0.1, 0.15) is 24.1 Å². The van der Waals surface area contributed by atoms with Gasteiger partial charge in [0.05, 0.1) is 6.04 Å². The Bertz CT molecular complexity index is 644. The molecular weight excluding hydrogens is 344 g/mol. The minimum Gasteiger partial charge on any atom is -0.504 e. The number of rotatable bonds is 4. The van der Waals surface area contributed by atoms with E-state index in [1.165, 1.54) is 12.1 Å². The summed E-state index contributed by atoms with van der Waals surface area (Å²) in [5, 5.41) is 9.78. The summed E-state index contributed by atoms with van der Waals surface area (Å²) < 4.78 is 30.8. The van der Waals surface area contributed by atoms with Crippen molar-refractivity contribution in [2.75, 3.05) is 0 Å². The summed E-state index contributed by atoms with van der Waals surface area (Å²) in [6.45, 7) is 0.605. The lowest BCUT2D eigenvalue weighted by Gasteiger charge is -2.17. The highest BCUT2D eigenvalue weighted by Gasteiger charge is 2.25. The Hall–Kier alpha value is -1.66. The van der Waals surface area contributed by atoms with Crippen LogP contribution in [0.3, 0.4) is 0 Å². The first-order valence-electron chi connectivity index (χ1n) is 6.17. The van der Waals surface area contributed by atoms with E-state index in [4.69, 9.17) is 5.73 Å². The molecule has 0 saturated heterocycles. The molecule has 3 nitrogen and oxygen atoms in total. The van der Waals surface area contributed by atoms with Gasteiger partial charge in [-0.3, -0.25) is 0 Å². The molecule has 0 amide bonds. The second-order valence-electron chi connectivity index (χ2n) is 4.67. The van der Waals surface area contributed by atoms with Crippen LogP contribution in [0.15, 0.2) is 46.9 Å². The molecule has 2 rings (SSSR count). The third-order valence-corrected chi connectivity index (χ3v) is 3.33. The monoisotopic (exact) mass is 357 g/mol. The lowest BCUT2D eigenvalue weighted by Crippen LogP contribution is -2.19. The fraction of sp³-hybridized carbons (Fsp3) is 0.200. The molecule has 2 aromatic carbocycles. The second-order valence-corrected chi connectivity index (χ2v) is 5.59. The van der Waals surface area contributed by atoms with Crippen molar-refractivity contribution in [3.63, 3.8) is 0 Å². The number of hydrogen-bond acceptors (Lipinski definition) is 3. The van der Waals surface area contributed by atoms with E-state index in [9.17, 15) is 13.9 Å². The zero-order chi connectivity index (χ0) is 15.6. The third kappa shape index (κ3) is 4.15. The SMILES string of the molecule is CC(F)(F)Oc1ccc(C(N)c2cccc(Br)c2)cc1O. The van der Waals surface area contributed by atoms with E-state index in [0.29, 0.717) is 12.5 Å². The van der Waals surface area contributed by atoms with E-state index in [0.717, 1.165) is 10.0 Å². The van der Waals surface area contributed by atoms with Crippen molar-refractivity contribution in [3.05, 3.63) is 58.1 Å². The van der Waals surface area contributed by atoms with Crippen LogP contribution in [0.5, 0.6) is 11.5 Å². The molecule has 0 spiro atoms. The van der Waals surface area contributed by atoms with Crippen LogP contribution in [0.2, 0.25) is 0 Å². The van der Waals surface area contributed by atoms with Crippen LogP contribution >= 0.6 is 15.9 Å². The number of halogens is 3. The van der Waals surface area contributed by atoms with Gasteiger partial charge in [0.1, 0.15) is 0 Å². The van der Waals surface area contributed by atoms with E-state index in [-0.39, 0.29) is 11.5 Å². The van der Waals surface area contributed by atoms with Crippen LogP contribution in [-0.4, -0.2) is 11.2 Å². The Balaban J connectivity index is 2.27. The summed E-state index contributed by atoms with van der Waals surface area (Å²) in [7, 11) is 0. The Morgan fingerprint density at radius 3 is 2.43 bits per heavy atom. The van der Waals surface area contributed by atoms with Gasteiger partial charge in [-0.05, 0) is 35.4 Å². The summed E-state index contributed by atoms with van der Waals surface area (Å²) in [5.41, 5.74) is 7.54. The lowest BCUT2D eigenvalue weighted by atomic mass is 9.99. The minimum atomic E-state index is -3.36. The lowest BCUT2D eigenvalue weighted by molar-refractivity contribution is -0.159. The van der Waals surface area contributed by atoms with Crippen molar-refractivity contribution in [3.8, 4) is 11.5 Å². The summed E-state index contributed by atoms with van der Waals surface area (Å²) in [5.74, 6) is -0.660. The number of alkyl halides is 2. The second kappa shape index (κ2) is 5.99. The number of phenols is 1. The average Bonchev–Trinajstić information content (AvgIpc) is 2.39. The number of nitrogens with two attached hydrogens (primary N) is 1. The maximum atomic E-state index is 12.8.